The SMILES string of the molecule is C=CC(=O)N1CCC(F)(F)[C@H](NC(=O)CC(C)Oc2ccccc2)C1. The standard InChI is InChI=1S/C18H22F2N2O3/c1-3-17(24)22-10-9-18(19,20)15(12-22)21-16(23)11-13(2)25-14-7-5-4-6-8-14/h3-8,13,15H,1,9-12H2,2H3,(H,21,23)/t13?,15-/m1/s1. The summed E-state index contributed by atoms with van der Waals surface area (Å²) in [6.45, 7) is 4.75. The third kappa shape index (κ3) is 5.27. The third-order valence-corrected chi connectivity index (χ3v) is 4.00. The summed E-state index contributed by atoms with van der Waals surface area (Å²) in [7, 11) is 0. The molecule has 1 N–H and O–H groups in total. The molecule has 2 atom stereocenters. The van der Waals surface area contributed by atoms with E-state index in [1.54, 1.807) is 31.2 Å². The van der Waals surface area contributed by atoms with Crippen LogP contribution in [0.15, 0.2) is 43.0 Å². The second kappa shape index (κ2) is 8.09. The molecule has 2 amide bonds. The molecule has 25 heavy (non-hydrogen) atoms. The number of benzene rings is 1. The second-order valence-corrected chi connectivity index (χ2v) is 6.07. The van der Waals surface area contributed by atoms with Crippen LogP contribution in [0.1, 0.15) is 19.8 Å². The molecule has 2 rings (SSSR count). The van der Waals surface area contributed by atoms with E-state index >= 15 is 0 Å². The van der Waals surface area contributed by atoms with Crippen molar-refractivity contribution in [1.29, 1.82) is 0 Å². The zero-order valence-electron chi connectivity index (χ0n) is 14.1. The number of piperidine rings is 1. The molecule has 0 radical (unpaired) electrons. The Hall–Kier alpha value is -2.44. The van der Waals surface area contributed by atoms with Crippen molar-refractivity contribution < 1.29 is 23.1 Å². The van der Waals surface area contributed by atoms with Crippen molar-refractivity contribution in [3.05, 3.63) is 43.0 Å². The maximum Gasteiger partial charge on any atom is 0.271 e. The molecule has 1 heterocycles. The van der Waals surface area contributed by atoms with Gasteiger partial charge in [0.2, 0.25) is 11.8 Å². The van der Waals surface area contributed by atoms with Crippen LogP contribution in [0.25, 0.3) is 0 Å². The molecule has 5 nitrogen and oxygen atoms in total. The number of ether oxygens (including phenoxy) is 1. The average molecular weight is 352 g/mol. The van der Waals surface area contributed by atoms with E-state index in [1.807, 2.05) is 6.07 Å². The van der Waals surface area contributed by atoms with Crippen LogP contribution in [0.4, 0.5) is 8.78 Å². The summed E-state index contributed by atoms with van der Waals surface area (Å²) >= 11 is 0. The summed E-state index contributed by atoms with van der Waals surface area (Å²) in [5.74, 6) is -3.41. The number of para-hydroxylation sites is 1. The first-order valence-electron chi connectivity index (χ1n) is 8.12. The van der Waals surface area contributed by atoms with Gasteiger partial charge in [0.25, 0.3) is 5.92 Å². The van der Waals surface area contributed by atoms with Crippen LogP contribution in [0.3, 0.4) is 0 Å². The van der Waals surface area contributed by atoms with Crippen molar-refractivity contribution in [3.8, 4) is 5.75 Å². The zero-order valence-corrected chi connectivity index (χ0v) is 14.1. The van der Waals surface area contributed by atoms with Crippen LogP contribution in [-0.2, 0) is 9.59 Å². The number of hydrogen-bond acceptors (Lipinski definition) is 3. The Bertz CT molecular complexity index is 622. The minimum Gasteiger partial charge on any atom is -0.490 e. The molecule has 0 bridgehead atoms. The lowest BCUT2D eigenvalue weighted by molar-refractivity contribution is -0.141. The largest absolute Gasteiger partial charge is 0.490 e. The normalized spacial score (nSPS) is 20.4. The van der Waals surface area contributed by atoms with Crippen molar-refractivity contribution in [3.63, 3.8) is 0 Å². The van der Waals surface area contributed by atoms with Gasteiger partial charge in [-0.3, -0.25) is 9.59 Å². The third-order valence-electron chi connectivity index (χ3n) is 4.00. The Labute approximate surface area is 145 Å². The number of carbonyl (C=O) groups excluding carboxylic acids is 2. The lowest BCUT2D eigenvalue weighted by Gasteiger charge is -2.38. The predicted molar refractivity (Wildman–Crippen MR) is 89.4 cm³/mol. The molecule has 1 aromatic rings. The maximum absolute atomic E-state index is 14.0. The fraction of sp³-hybridized carbons (Fsp3) is 0.444. The monoisotopic (exact) mass is 352 g/mol. The van der Waals surface area contributed by atoms with E-state index < -0.39 is 36.3 Å². The number of rotatable bonds is 6. The minimum atomic E-state index is -3.06. The Morgan fingerprint density at radius 2 is 2.12 bits per heavy atom. The number of nitrogens with zero attached hydrogens (tertiary/aromatic N) is 1. The Kier molecular flexibility index (Phi) is 6.12. The second-order valence-electron chi connectivity index (χ2n) is 6.07. The highest BCUT2D eigenvalue weighted by atomic mass is 19.3. The molecule has 1 fully saturated rings. The number of hydrogen-bond donors (Lipinski definition) is 1. The van der Waals surface area contributed by atoms with Crippen molar-refractivity contribution in [1.82, 2.24) is 10.2 Å². The lowest BCUT2D eigenvalue weighted by Crippen LogP contribution is -2.59. The fourth-order valence-corrected chi connectivity index (χ4v) is 2.67. The Balaban J connectivity index is 1.90. The van der Waals surface area contributed by atoms with Gasteiger partial charge in [0.1, 0.15) is 17.9 Å². The number of amides is 2. The molecule has 1 aromatic carbocycles. The van der Waals surface area contributed by atoms with Gasteiger partial charge in [0.15, 0.2) is 0 Å². The number of alkyl halides is 2. The number of nitrogens with one attached hydrogen (secondary N) is 1. The van der Waals surface area contributed by atoms with Gasteiger partial charge in [0, 0.05) is 19.5 Å². The first kappa shape index (κ1) is 18.9. The first-order chi connectivity index (χ1) is 11.8. The predicted octanol–water partition coefficient (Wildman–Crippen LogP) is 2.38. The van der Waals surface area contributed by atoms with Crippen molar-refractivity contribution >= 4 is 11.8 Å². The topological polar surface area (TPSA) is 58.6 Å². The number of halogens is 2. The summed E-state index contributed by atoms with van der Waals surface area (Å²) in [6.07, 6.45) is 0.0632. The molecule has 0 aliphatic carbocycles. The average Bonchev–Trinajstić information content (AvgIpc) is 2.56. The van der Waals surface area contributed by atoms with E-state index in [4.69, 9.17) is 4.74 Å². The maximum atomic E-state index is 14.0. The molecular weight excluding hydrogens is 330 g/mol. The quantitative estimate of drug-likeness (QED) is 0.800. The van der Waals surface area contributed by atoms with Crippen LogP contribution >= 0.6 is 0 Å². The molecule has 0 spiro atoms. The first-order valence-corrected chi connectivity index (χ1v) is 8.12. The summed E-state index contributed by atoms with van der Waals surface area (Å²) in [5.41, 5.74) is 0. The van der Waals surface area contributed by atoms with E-state index in [-0.39, 0.29) is 19.5 Å². The van der Waals surface area contributed by atoms with Crippen LogP contribution in [0.2, 0.25) is 0 Å². The molecule has 1 aliphatic heterocycles. The van der Waals surface area contributed by atoms with Gasteiger partial charge in [-0.25, -0.2) is 8.78 Å². The van der Waals surface area contributed by atoms with Gasteiger partial charge < -0.3 is 15.0 Å². The highest BCUT2D eigenvalue weighted by molar-refractivity contribution is 5.87. The number of likely N-dealkylation sites (tertiary alicyclic amines) is 1. The zero-order chi connectivity index (χ0) is 18.4. The van der Waals surface area contributed by atoms with Gasteiger partial charge in [-0.05, 0) is 25.1 Å². The molecule has 1 saturated heterocycles. The molecule has 1 unspecified atom stereocenters. The Morgan fingerprint density at radius 3 is 2.76 bits per heavy atom. The van der Waals surface area contributed by atoms with Gasteiger partial charge in [0.05, 0.1) is 6.42 Å². The smallest absolute Gasteiger partial charge is 0.271 e. The van der Waals surface area contributed by atoms with E-state index in [0.717, 1.165) is 6.08 Å². The van der Waals surface area contributed by atoms with Gasteiger partial charge in [-0.2, -0.15) is 0 Å². The van der Waals surface area contributed by atoms with Crippen molar-refractivity contribution in [2.24, 2.45) is 0 Å². The minimum absolute atomic E-state index is 0.0578. The summed E-state index contributed by atoms with van der Waals surface area (Å²) in [6, 6.07) is 7.53. The molecular formula is C18H22F2N2O3. The number of carbonyl (C=O) groups is 2. The van der Waals surface area contributed by atoms with Crippen molar-refractivity contribution in [2.75, 3.05) is 13.1 Å². The van der Waals surface area contributed by atoms with Gasteiger partial charge in [-0.15, -0.1) is 0 Å². The summed E-state index contributed by atoms with van der Waals surface area (Å²) in [5, 5.41) is 2.34. The van der Waals surface area contributed by atoms with Crippen LogP contribution < -0.4 is 10.1 Å². The highest BCUT2D eigenvalue weighted by Crippen LogP contribution is 2.28. The molecule has 1 aliphatic rings. The van der Waals surface area contributed by atoms with E-state index in [0.29, 0.717) is 5.75 Å². The fourth-order valence-electron chi connectivity index (χ4n) is 2.67. The van der Waals surface area contributed by atoms with E-state index in [1.165, 1.54) is 4.90 Å². The van der Waals surface area contributed by atoms with Crippen LogP contribution in [-0.4, -0.2) is 47.9 Å². The van der Waals surface area contributed by atoms with Crippen LogP contribution in [0.5, 0.6) is 5.75 Å². The summed E-state index contributed by atoms with van der Waals surface area (Å²) < 4.78 is 33.7. The van der Waals surface area contributed by atoms with E-state index in [2.05, 4.69) is 11.9 Å². The highest BCUT2D eigenvalue weighted by Gasteiger charge is 2.45. The molecule has 7 heteroatoms. The lowest BCUT2D eigenvalue weighted by atomic mass is 10.0. The van der Waals surface area contributed by atoms with Gasteiger partial charge in [-0.1, -0.05) is 24.8 Å². The Morgan fingerprint density at radius 1 is 1.44 bits per heavy atom. The summed E-state index contributed by atoms with van der Waals surface area (Å²) in [4.78, 5) is 25.0. The molecule has 0 saturated carbocycles. The van der Waals surface area contributed by atoms with Gasteiger partial charge >= 0.3 is 0 Å². The molecule has 136 valence electrons. The molecule has 0 aromatic heterocycles. The van der Waals surface area contributed by atoms with Crippen molar-refractivity contribution in [2.45, 2.75) is 37.8 Å². The van der Waals surface area contributed by atoms with E-state index in [9.17, 15) is 18.4 Å². The van der Waals surface area contributed by atoms with Crippen LogP contribution in [0, 0.1) is 0 Å².